The fourth-order valence-electron chi connectivity index (χ4n) is 1.05. The fourth-order valence-corrected chi connectivity index (χ4v) is 1.05. The summed E-state index contributed by atoms with van der Waals surface area (Å²) in [5, 5.41) is 8.64. The van der Waals surface area contributed by atoms with E-state index < -0.39 is 5.97 Å². The highest BCUT2D eigenvalue weighted by molar-refractivity contribution is 5.69. The molecule has 0 spiro atoms. The normalized spacial score (nSPS) is 11.1. The van der Waals surface area contributed by atoms with E-state index in [-0.39, 0.29) is 5.92 Å². The Morgan fingerprint density at radius 1 is 1.29 bits per heavy atom. The predicted molar refractivity (Wildman–Crippen MR) is 58.3 cm³/mol. The highest BCUT2D eigenvalue weighted by Gasteiger charge is 2.10. The van der Waals surface area contributed by atoms with Crippen molar-refractivity contribution >= 4 is 5.97 Å². The first-order valence-corrected chi connectivity index (χ1v) is 4.97. The number of carboxylic acids is 1. The lowest BCUT2D eigenvalue weighted by molar-refractivity contribution is -0.141. The van der Waals surface area contributed by atoms with Crippen LogP contribution in [0.3, 0.4) is 0 Å². The van der Waals surface area contributed by atoms with Crippen LogP contribution < -0.4 is 0 Å². The SMILES string of the molecule is CC.CC(Cc1ccccc1)C(=O)O. The minimum Gasteiger partial charge on any atom is -0.481 e. The number of hydrogen-bond donors (Lipinski definition) is 1. The second-order valence-corrected chi connectivity index (χ2v) is 2.93. The van der Waals surface area contributed by atoms with Gasteiger partial charge < -0.3 is 5.11 Å². The van der Waals surface area contributed by atoms with Gasteiger partial charge in [-0.05, 0) is 12.0 Å². The van der Waals surface area contributed by atoms with E-state index in [9.17, 15) is 4.79 Å². The smallest absolute Gasteiger partial charge is 0.306 e. The molecule has 0 saturated carbocycles. The molecule has 2 nitrogen and oxygen atoms in total. The average molecular weight is 194 g/mol. The molecule has 0 radical (unpaired) electrons. The fraction of sp³-hybridized carbons (Fsp3) is 0.417. The van der Waals surface area contributed by atoms with Gasteiger partial charge in [0, 0.05) is 0 Å². The largest absolute Gasteiger partial charge is 0.481 e. The predicted octanol–water partition coefficient (Wildman–Crippen LogP) is 2.98. The second-order valence-electron chi connectivity index (χ2n) is 2.93. The number of aliphatic carboxylic acids is 1. The van der Waals surface area contributed by atoms with Gasteiger partial charge in [0.05, 0.1) is 5.92 Å². The van der Waals surface area contributed by atoms with Gasteiger partial charge in [-0.3, -0.25) is 4.79 Å². The molecule has 0 fully saturated rings. The van der Waals surface area contributed by atoms with Crippen LogP contribution in [0.15, 0.2) is 30.3 Å². The maximum atomic E-state index is 10.5. The van der Waals surface area contributed by atoms with Crippen molar-refractivity contribution in [3.63, 3.8) is 0 Å². The molecule has 1 unspecified atom stereocenters. The zero-order chi connectivity index (χ0) is 11.0. The summed E-state index contributed by atoms with van der Waals surface area (Å²) in [4.78, 5) is 10.5. The molecule has 0 heterocycles. The van der Waals surface area contributed by atoms with Gasteiger partial charge in [-0.2, -0.15) is 0 Å². The lowest BCUT2D eigenvalue weighted by Crippen LogP contribution is -2.11. The Kier molecular flexibility index (Phi) is 6.46. The molecule has 1 rings (SSSR count). The minimum atomic E-state index is -0.737. The van der Waals surface area contributed by atoms with Gasteiger partial charge >= 0.3 is 5.97 Å². The molecule has 0 aliphatic heterocycles. The van der Waals surface area contributed by atoms with Crippen LogP contribution in [0.25, 0.3) is 0 Å². The summed E-state index contributed by atoms with van der Waals surface area (Å²) in [5.41, 5.74) is 1.08. The number of carbonyl (C=O) groups is 1. The molecule has 14 heavy (non-hydrogen) atoms. The highest BCUT2D eigenvalue weighted by Crippen LogP contribution is 2.07. The van der Waals surface area contributed by atoms with Crippen LogP contribution in [0.4, 0.5) is 0 Å². The lowest BCUT2D eigenvalue weighted by Gasteiger charge is -2.04. The summed E-state index contributed by atoms with van der Waals surface area (Å²) < 4.78 is 0. The van der Waals surface area contributed by atoms with Gasteiger partial charge in [0.1, 0.15) is 0 Å². The second kappa shape index (κ2) is 7.13. The van der Waals surface area contributed by atoms with E-state index in [1.165, 1.54) is 0 Å². The molecule has 0 aliphatic rings. The molecule has 0 saturated heterocycles. The molecule has 0 amide bonds. The van der Waals surface area contributed by atoms with Gasteiger partial charge in [-0.1, -0.05) is 51.1 Å². The average Bonchev–Trinajstić information content (AvgIpc) is 2.22. The molecule has 1 aromatic rings. The van der Waals surface area contributed by atoms with E-state index >= 15 is 0 Å². The summed E-state index contributed by atoms with van der Waals surface area (Å²) in [6.07, 6.45) is 0.607. The summed E-state index contributed by atoms with van der Waals surface area (Å²) in [5.74, 6) is -1.04. The van der Waals surface area contributed by atoms with Crippen molar-refractivity contribution in [3.05, 3.63) is 35.9 Å². The molecule has 1 atom stereocenters. The quantitative estimate of drug-likeness (QED) is 0.803. The number of hydrogen-bond acceptors (Lipinski definition) is 1. The maximum absolute atomic E-state index is 10.5. The standard InChI is InChI=1S/C10H12O2.C2H6/c1-8(10(11)12)7-9-5-3-2-4-6-9;1-2/h2-6,8H,7H2,1H3,(H,11,12);1-2H3. The molecule has 0 aromatic heterocycles. The van der Waals surface area contributed by atoms with Gasteiger partial charge in [-0.15, -0.1) is 0 Å². The first-order valence-electron chi connectivity index (χ1n) is 4.97. The monoisotopic (exact) mass is 194 g/mol. The Morgan fingerprint density at radius 2 is 1.79 bits per heavy atom. The van der Waals surface area contributed by atoms with E-state index in [1.54, 1.807) is 6.92 Å². The molecule has 78 valence electrons. The van der Waals surface area contributed by atoms with E-state index in [0.717, 1.165) is 5.56 Å². The Morgan fingerprint density at radius 3 is 2.21 bits per heavy atom. The molecular weight excluding hydrogens is 176 g/mol. The van der Waals surface area contributed by atoms with E-state index in [2.05, 4.69) is 0 Å². The van der Waals surface area contributed by atoms with Crippen molar-refractivity contribution in [2.45, 2.75) is 27.2 Å². The van der Waals surface area contributed by atoms with Gasteiger partial charge in [-0.25, -0.2) is 0 Å². The van der Waals surface area contributed by atoms with Crippen LogP contribution in [0.5, 0.6) is 0 Å². The maximum Gasteiger partial charge on any atom is 0.306 e. The third kappa shape index (κ3) is 4.65. The van der Waals surface area contributed by atoms with E-state index in [4.69, 9.17) is 5.11 Å². The van der Waals surface area contributed by atoms with Crippen LogP contribution in [0, 0.1) is 5.92 Å². The molecular formula is C12H18O2. The third-order valence-corrected chi connectivity index (χ3v) is 1.81. The van der Waals surface area contributed by atoms with Crippen LogP contribution in [-0.2, 0) is 11.2 Å². The minimum absolute atomic E-state index is 0.299. The zero-order valence-electron chi connectivity index (χ0n) is 9.03. The van der Waals surface area contributed by atoms with Gasteiger partial charge in [0.15, 0.2) is 0 Å². The zero-order valence-corrected chi connectivity index (χ0v) is 9.03. The van der Waals surface area contributed by atoms with Crippen LogP contribution in [0.1, 0.15) is 26.3 Å². The van der Waals surface area contributed by atoms with E-state index in [0.29, 0.717) is 6.42 Å². The van der Waals surface area contributed by atoms with Crippen LogP contribution in [-0.4, -0.2) is 11.1 Å². The van der Waals surface area contributed by atoms with Crippen LogP contribution in [0.2, 0.25) is 0 Å². The molecule has 1 aromatic carbocycles. The topological polar surface area (TPSA) is 37.3 Å². The van der Waals surface area contributed by atoms with Gasteiger partial charge in [0.25, 0.3) is 0 Å². The van der Waals surface area contributed by atoms with Crippen molar-refractivity contribution in [2.75, 3.05) is 0 Å². The van der Waals surface area contributed by atoms with Crippen LogP contribution >= 0.6 is 0 Å². The summed E-state index contributed by atoms with van der Waals surface area (Å²) in [7, 11) is 0. The number of carboxylic acid groups (broad SMARTS) is 1. The molecule has 0 aliphatic carbocycles. The Labute approximate surface area is 85.6 Å². The van der Waals surface area contributed by atoms with Crippen molar-refractivity contribution in [1.29, 1.82) is 0 Å². The Balaban J connectivity index is 0.000000791. The van der Waals surface area contributed by atoms with Crippen molar-refractivity contribution in [2.24, 2.45) is 5.92 Å². The van der Waals surface area contributed by atoms with Crippen molar-refractivity contribution in [3.8, 4) is 0 Å². The summed E-state index contributed by atoms with van der Waals surface area (Å²) in [6, 6.07) is 9.65. The van der Waals surface area contributed by atoms with Gasteiger partial charge in [0.2, 0.25) is 0 Å². The first-order chi connectivity index (χ1) is 6.70. The number of rotatable bonds is 3. The Bertz CT molecular complexity index is 254. The number of benzene rings is 1. The first kappa shape index (κ1) is 12.7. The summed E-state index contributed by atoms with van der Waals surface area (Å²) in [6.45, 7) is 5.72. The highest BCUT2D eigenvalue weighted by atomic mass is 16.4. The van der Waals surface area contributed by atoms with Crippen molar-refractivity contribution < 1.29 is 9.90 Å². The lowest BCUT2D eigenvalue weighted by atomic mass is 10.0. The third-order valence-electron chi connectivity index (χ3n) is 1.81. The van der Waals surface area contributed by atoms with E-state index in [1.807, 2.05) is 44.2 Å². The molecule has 1 N–H and O–H groups in total. The Hall–Kier alpha value is -1.31. The van der Waals surface area contributed by atoms with Crippen molar-refractivity contribution in [1.82, 2.24) is 0 Å². The molecule has 2 heteroatoms. The molecule has 0 bridgehead atoms. The summed E-state index contributed by atoms with van der Waals surface area (Å²) >= 11 is 0.